The number of carbonyl (C=O) groups is 2. The molecule has 4 aromatic carbocycles. The van der Waals surface area contributed by atoms with E-state index in [-0.39, 0.29) is 17.6 Å². The van der Waals surface area contributed by atoms with Crippen LogP contribution < -0.4 is 15.4 Å². The molecule has 1 heterocycles. The van der Waals surface area contributed by atoms with Crippen molar-refractivity contribution in [2.45, 2.75) is 28.5 Å². The molecule has 0 bridgehead atoms. The van der Waals surface area contributed by atoms with Crippen LogP contribution in [0.25, 0.3) is 10.9 Å². The number of hydrogen-bond acceptors (Lipinski definition) is 5. The highest BCUT2D eigenvalue weighted by Crippen LogP contribution is 2.40. The minimum absolute atomic E-state index is 0.0788. The fourth-order valence-electron chi connectivity index (χ4n) is 4.40. The summed E-state index contributed by atoms with van der Waals surface area (Å²) >= 11 is 2.94. The second kappa shape index (κ2) is 14.0. The predicted octanol–water partition coefficient (Wildman–Crippen LogP) is 7.64. The number of ether oxygens (including phenoxy) is 1. The van der Waals surface area contributed by atoms with Gasteiger partial charge in [-0.05, 0) is 49.2 Å². The number of amides is 2. The number of benzene rings is 4. The van der Waals surface area contributed by atoms with Gasteiger partial charge in [-0.15, -0.1) is 11.8 Å². The summed E-state index contributed by atoms with van der Waals surface area (Å²) < 4.78 is 5.65. The minimum Gasteiger partial charge on any atom is -0.492 e. The van der Waals surface area contributed by atoms with Crippen molar-refractivity contribution >= 4 is 57.6 Å². The Morgan fingerprint density at radius 1 is 0.829 bits per heavy atom. The van der Waals surface area contributed by atoms with E-state index in [9.17, 15) is 9.59 Å². The Morgan fingerprint density at radius 2 is 1.51 bits per heavy atom. The predicted molar refractivity (Wildman–Crippen MR) is 170 cm³/mol. The summed E-state index contributed by atoms with van der Waals surface area (Å²) in [6, 6.07) is 34.9. The van der Waals surface area contributed by atoms with Gasteiger partial charge in [0.2, 0.25) is 11.8 Å². The zero-order valence-corrected chi connectivity index (χ0v) is 24.3. The molecule has 0 aliphatic rings. The number of carbonyl (C=O) groups excluding carboxylic acids is 2. The van der Waals surface area contributed by atoms with Crippen molar-refractivity contribution in [3.63, 3.8) is 0 Å². The molecule has 208 valence electrons. The van der Waals surface area contributed by atoms with Crippen LogP contribution in [0.4, 0.5) is 11.4 Å². The van der Waals surface area contributed by atoms with Gasteiger partial charge in [-0.2, -0.15) is 0 Å². The first-order valence-electron chi connectivity index (χ1n) is 13.4. The van der Waals surface area contributed by atoms with Crippen molar-refractivity contribution in [1.82, 2.24) is 4.98 Å². The molecule has 0 saturated heterocycles. The number of aromatic amines is 1. The van der Waals surface area contributed by atoms with Gasteiger partial charge in [0, 0.05) is 21.5 Å². The third-order valence-corrected chi connectivity index (χ3v) is 8.75. The highest BCUT2D eigenvalue weighted by molar-refractivity contribution is 8.03. The molecule has 0 saturated carbocycles. The fraction of sp³-hybridized carbons (Fsp3) is 0.152. The van der Waals surface area contributed by atoms with Gasteiger partial charge in [-0.25, -0.2) is 0 Å². The Hall–Kier alpha value is -4.14. The summed E-state index contributed by atoms with van der Waals surface area (Å²) in [4.78, 5) is 31.0. The number of fused-ring (bicyclic) bond motifs is 1. The summed E-state index contributed by atoms with van der Waals surface area (Å²) in [5, 5.41) is 7.53. The second-order valence-corrected chi connectivity index (χ2v) is 11.4. The Bertz CT molecular complexity index is 1610. The third kappa shape index (κ3) is 7.54. The van der Waals surface area contributed by atoms with Gasteiger partial charge in [-0.1, -0.05) is 90.6 Å². The fourth-order valence-corrected chi connectivity index (χ4v) is 6.69. The van der Waals surface area contributed by atoms with Gasteiger partial charge in [0.15, 0.2) is 0 Å². The SMILES string of the molecule is CCOc1ccccc1NC(=O)CSc1c(SC(Cc2ccccc2)C(=O)Nc2ccccc2)[nH]c2ccccc12. The van der Waals surface area contributed by atoms with Crippen LogP contribution in [-0.4, -0.2) is 34.4 Å². The van der Waals surface area contributed by atoms with Crippen LogP contribution in [0.3, 0.4) is 0 Å². The first kappa shape index (κ1) is 28.4. The molecule has 0 radical (unpaired) electrons. The van der Waals surface area contributed by atoms with E-state index < -0.39 is 5.25 Å². The average Bonchev–Trinajstić information content (AvgIpc) is 3.35. The number of rotatable bonds is 12. The number of anilines is 2. The Morgan fingerprint density at radius 3 is 2.29 bits per heavy atom. The molecule has 5 aromatic rings. The lowest BCUT2D eigenvalue weighted by Crippen LogP contribution is -2.27. The Kier molecular flexibility index (Phi) is 9.67. The summed E-state index contributed by atoms with van der Waals surface area (Å²) in [6.45, 7) is 2.43. The minimum atomic E-state index is -0.406. The molecular weight excluding hydrogens is 551 g/mol. The normalized spacial score (nSPS) is 11.6. The summed E-state index contributed by atoms with van der Waals surface area (Å²) in [7, 11) is 0. The number of thioether (sulfide) groups is 2. The number of aromatic nitrogens is 1. The standard InChI is InChI=1S/C33H31N3O3S2/c1-2-39-28-20-12-11-19-27(28)35-30(37)22-40-31-25-17-9-10-18-26(25)36-33(31)41-29(21-23-13-5-3-6-14-23)32(38)34-24-15-7-4-8-16-24/h3-20,29,36H,2,21-22H2,1H3,(H,34,38)(H,35,37). The van der Waals surface area contributed by atoms with Crippen LogP contribution in [0.15, 0.2) is 119 Å². The Labute approximate surface area is 248 Å². The second-order valence-electron chi connectivity index (χ2n) is 9.25. The smallest absolute Gasteiger partial charge is 0.238 e. The lowest BCUT2D eigenvalue weighted by molar-refractivity contribution is -0.116. The summed E-state index contributed by atoms with van der Waals surface area (Å²) in [5.74, 6) is 0.635. The van der Waals surface area contributed by atoms with Crippen molar-refractivity contribution in [1.29, 1.82) is 0 Å². The maximum absolute atomic E-state index is 13.6. The van der Waals surface area contributed by atoms with Crippen molar-refractivity contribution in [3.8, 4) is 5.75 Å². The van der Waals surface area contributed by atoms with Crippen LogP contribution >= 0.6 is 23.5 Å². The number of nitrogens with one attached hydrogen (secondary N) is 3. The van der Waals surface area contributed by atoms with Crippen molar-refractivity contribution in [3.05, 3.63) is 115 Å². The first-order valence-corrected chi connectivity index (χ1v) is 15.3. The molecule has 1 unspecified atom stereocenters. The highest BCUT2D eigenvalue weighted by atomic mass is 32.2. The molecule has 0 spiro atoms. The molecule has 0 fully saturated rings. The highest BCUT2D eigenvalue weighted by Gasteiger charge is 2.25. The van der Waals surface area contributed by atoms with E-state index >= 15 is 0 Å². The molecule has 1 atom stereocenters. The summed E-state index contributed by atoms with van der Waals surface area (Å²) in [5.41, 5.74) is 3.44. The van der Waals surface area contributed by atoms with E-state index in [0.29, 0.717) is 24.5 Å². The molecule has 8 heteroatoms. The van der Waals surface area contributed by atoms with Crippen LogP contribution in [0.5, 0.6) is 5.75 Å². The van der Waals surface area contributed by atoms with E-state index in [0.717, 1.165) is 32.1 Å². The molecule has 0 aliphatic heterocycles. The topological polar surface area (TPSA) is 83.2 Å². The van der Waals surface area contributed by atoms with E-state index in [2.05, 4.69) is 15.6 Å². The number of hydrogen-bond donors (Lipinski definition) is 3. The maximum atomic E-state index is 13.6. The van der Waals surface area contributed by atoms with Crippen molar-refractivity contribution in [2.24, 2.45) is 0 Å². The lowest BCUT2D eigenvalue weighted by atomic mass is 10.1. The molecule has 0 aliphatic carbocycles. The molecule has 3 N–H and O–H groups in total. The van der Waals surface area contributed by atoms with Crippen molar-refractivity contribution < 1.29 is 14.3 Å². The van der Waals surface area contributed by atoms with E-state index in [1.165, 1.54) is 23.5 Å². The van der Waals surface area contributed by atoms with Gasteiger partial charge in [0.05, 0.1) is 28.3 Å². The van der Waals surface area contributed by atoms with E-state index in [1.807, 2.05) is 116 Å². The van der Waals surface area contributed by atoms with Gasteiger partial charge >= 0.3 is 0 Å². The van der Waals surface area contributed by atoms with Gasteiger partial charge < -0.3 is 20.4 Å². The zero-order valence-electron chi connectivity index (χ0n) is 22.6. The number of H-pyrrole nitrogens is 1. The summed E-state index contributed by atoms with van der Waals surface area (Å²) in [6.07, 6.45) is 0.554. The molecule has 6 nitrogen and oxygen atoms in total. The quantitative estimate of drug-likeness (QED) is 0.132. The molecular formula is C33H31N3O3S2. The molecule has 1 aromatic heterocycles. The van der Waals surface area contributed by atoms with Crippen LogP contribution in [0.1, 0.15) is 12.5 Å². The van der Waals surface area contributed by atoms with Gasteiger partial charge in [0.25, 0.3) is 0 Å². The number of para-hydroxylation sites is 4. The first-order chi connectivity index (χ1) is 20.1. The Balaban J connectivity index is 1.38. The average molecular weight is 582 g/mol. The van der Waals surface area contributed by atoms with Crippen LogP contribution in [0.2, 0.25) is 0 Å². The molecule has 2 amide bonds. The maximum Gasteiger partial charge on any atom is 0.238 e. The monoisotopic (exact) mass is 581 g/mol. The van der Waals surface area contributed by atoms with E-state index in [1.54, 1.807) is 0 Å². The third-order valence-electron chi connectivity index (χ3n) is 6.29. The largest absolute Gasteiger partial charge is 0.492 e. The van der Waals surface area contributed by atoms with E-state index in [4.69, 9.17) is 4.74 Å². The van der Waals surface area contributed by atoms with Crippen LogP contribution in [-0.2, 0) is 16.0 Å². The van der Waals surface area contributed by atoms with Crippen molar-refractivity contribution in [2.75, 3.05) is 23.0 Å². The zero-order chi connectivity index (χ0) is 28.4. The van der Waals surface area contributed by atoms with Gasteiger partial charge in [-0.3, -0.25) is 9.59 Å². The molecule has 41 heavy (non-hydrogen) atoms. The molecule has 5 rings (SSSR count). The van der Waals surface area contributed by atoms with Crippen LogP contribution in [0, 0.1) is 0 Å². The lowest BCUT2D eigenvalue weighted by Gasteiger charge is -2.17. The van der Waals surface area contributed by atoms with Gasteiger partial charge in [0.1, 0.15) is 5.75 Å².